The van der Waals surface area contributed by atoms with Gasteiger partial charge in [0.2, 0.25) is 0 Å². The van der Waals surface area contributed by atoms with Crippen LogP contribution in [-0.2, 0) is 16.6 Å². The average Bonchev–Trinajstić information content (AvgIpc) is 2.71. The number of nitrogens with zero attached hydrogens (tertiary/aromatic N) is 1. The van der Waals surface area contributed by atoms with Gasteiger partial charge in [-0.05, 0) is 35.9 Å². The summed E-state index contributed by atoms with van der Waals surface area (Å²) in [5.41, 5.74) is 0.254. The van der Waals surface area contributed by atoms with Crippen LogP contribution in [0.25, 0.3) is 0 Å². The fraction of sp³-hybridized carbons (Fsp3) is 0.100. The van der Waals surface area contributed by atoms with E-state index in [0.717, 1.165) is 6.07 Å². The van der Waals surface area contributed by atoms with E-state index in [-0.39, 0.29) is 34.0 Å². The Hall–Kier alpha value is -3.30. The molecular formula is C20H17ClN2O6S. The number of aromatic nitrogens is 1. The third-order valence-electron chi connectivity index (χ3n) is 4.23. The zero-order chi connectivity index (χ0) is 21.9. The molecule has 1 aromatic heterocycles. The molecule has 1 heterocycles. The first-order chi connectivity index (χ1) is 14.2. The smallest absolute Gasteiger partial charge is 0.335 e. The summed E-state index contributed by atoms with van der Waals surface area (Å²) >= 11 is 6.14. The highest BCUT2D eigenvalue weighted by molar-refractivity contribution is 7.92. The zero-order valence-electron chi connectivity index (χ0n) is 15.7. The fourth-order valence-electron chi connectivity index (χ4n) is 2.76. The molecule has 2 N–H and O–H groups in total. The predicted octanol–water partition coefficient (Wildman–Crippen LogP) is 3.06. The van der Waals surface area contributed by atoms with E-state index in [1.54, 1.807) is 24.3 Å². The molecule has 3 rings (SSSR count). The van der Waals surface area contributed by atoms with Crippen LogP contribution in [-0.4, -0.2) is 31.2 Å². The van der Waals surface area contributed by atoms with Gasteiger partial charge in [0.15, 0.2) is 0 Å². The van der Waals surface area contributed by atoms with Crippen LogP contribution in [0.1, 0.15) is 15.9 Å². The molecule has 8 nitrogen and oxygen atoms in total. The van der Waals surface area contributed by atoms with E-state index in [4.69, 9.17) is 21.4 Å². The number of halogens is 1. The van der Waals surface area contributed by atoms with E-state index in [1.807, 2.05) is 0 Å². The second kappa shape index (κ2) is 8.60. The first-order valence-corrected chi connectivity index (χ1v) is 10.5. The van der Waals surface area contributed by atoms with Crippen molar-refractivity contribution in [2.24, 2.45) is 0 Å². The largest absolute Gasteiger partial charge is 0.495 e. The molecule has 0 amide bonds. The van der Waals surface area contributed by atoms with E-state index in [0.29, 0.717) is 10.6 Å². The lowest BCUT2D eigenvalue weighted by Crippen LogP contribution is -2.21. The maximum atomic E-state index is 12.9. The standard InChI is InChI=1S/C20H17ClN2O6S/c1-29-17-8-6-13(20(25)26)10-18(17)30(27,28)22-15-7-9-19(24)23(12-15)11-14-4-2-3-5-16(14)21/h2-10,12,22H,11H2,1H3,(H,25,26). The van der Waals surface area contributed by atoms with E-state index >= 15 is 0 Å². The van der Waals surface area contributed by atoms with Crippen molar-refractivity contribution < 1.29 is 23.1 Å². The molecule has 156 valence electrons. The van der Waals surface area contributed by atoms with Crippen molar-refractivity contribution in [3.8, 4) is 5.75 Å². The van der Waals surface area contributed by atoms with E-state index in [9.17, 15) is 18.0 Å². The second-order valence-electron chi connectivity index (χ2n) is 6.25. The Morgan fingerprint density at radius 2 is 1.90 bits per heavy atom. The normalized spacial score (nSPS) is 11.1. The van der Waals surface area contributed by atoms with Gasteiger partial charge in [-0.3, -0.25) is 9.52 Å². The molecule has 0 spiro atoms. The summed E-state index contributed by atoms with van der Waals surface area (Å²) in [6.07, 6.45) is 1.34. The van der Waals surface area contributed by atoms with Crippen LogP contribution in [0.4, 0.5) is 5.69 Å². The monoisotopic (exact) mass is 448 g/mol. The molecular weight excluding hydrogens is 432 g/mol. The summed E-state index contributed by atoms with van der Waals surface area (Å²) in [5.74, 6) is -1.29. The molecule has 0 atom stereocenters. The number of aromatic carboxylic acids is 1. The number of sulfonamides is 1. The van der Waals surface area contributed by atoms with E-state index in [2.05, 4.69) is 4.72 Å². The Balaban J connectivity index is 1.96. The highest BCUT2D eigenvalue weighted by Gasteiger charge is 2.22. The molecule has 0 radical (unpaired) electrons. The maximum absolute atomic E-state index is 12.9. The number of pyridine rings is 1. The van der Waals surface area contributed by atoms with Crippen LogP contribution in [0.2, 0.25) is 5.02 Å². The van der Waals surface area contributed by atoms with Gasteiger partial charge in [-0.2, -0.15) is 0 Å². The van der Waals surface area contributed by atoms with Gasteiger partial charge in [-0.15, -0.1) is 0 Å². The van der Waals surface area contributed by atoms with Gasteiger partial charge in [0.1, 0.15) is 10.6 Å². The topological polar surface area (TPSA) is 115 Å². The van der Waals surface area contributed by atoms with Crippen molar-refractivity contribution in [3.63, 3.8) is 0 Å². The highest BCUT2D eigenvalue weighted by atomic mass is 35.5. The van der Waals surface area contributed by atoms with Crippen molar-refractivity contribution in [1.29, 1.82) is 0 Å². The first kappa shape index (κ1) is 21.4. The Bertz CT molecular complexity index is 1270. The molecule has 0 aliphatic heterocycles. The number of hydrogen-bond donors (Lipinski definition) is 2. The minimum atomic E-state index is -4.20. The van der Waals surface area contributed by atoms with Crippen molar-refractivity contribution in [3.05, 3.63) is 87.3 Å². The van der Waals surface area contributed by atoms with Crippen molar-refractivity contribution in [2.75, 3.05) is 11.8 Å². The number of hydrogen-bond acceptors (Lipinski definition) is 5. The molecule has 10 heteroatoms. The number of carboxylic acid groups (broad SMARTS) is 1. The lowest BCUT2D eigenvalue weighted by molar-refractivity contribution is 0.0696. The number of ether oxygens (including phenoxy) is 1. The van der Waals surface area contributed by atoms with Crippen LogP contribution < -0.4 is 15.0 Å². The number of rotatable bonds is 7. The van der Waals surface area contributed by atoms with Gasteiger partial charge in [0.25, 0.3) is 15.6 Å². The maximum Gasteiger partial charge on any atom is 0.335 e. The summed E-state index contributed by atoms with van der Waals surface area (Å²) in [7, 11) is -2.93. The molecule has 3 aromatic rings. The number of anilines is 1. The molecule has 0 aliphatic carbocycles. The number of methoxy groups -OCH3 is 1. The van der Waals surface area contributed by atoms with Crippen molar-refractivity contribution in [2.45, 2.75) is 11.4 Å². The third-order valence-corrected chi connectivity index (χ3v) is 6.01. The van der Waals surface area contributed by atoms with Gasteiger partial charge in [0.05, 0.1) is 24.9 Å². The Kier molecular flexibility index (Phi) is 6.14. The summed E-state index contributed by atoms with van der Waals surface area (Å²) in [4.78, 5) is 23.1. The Labute approximate surface area is 177 Å². The fourth-order valence-corrected chi connectivity index (χ4v) is 4.19. The molecule has 0 saturated carbocycles. The summed E-state index contributed by atoms with van der Waals surface area (Å²) < 4.78 is 34.5. The van der Waals surface area contributed by atoms with Crippen LogP contribution in [0.3, 0.4) is 0 Å². The molecule has 0 fully saturated rings. The lowest BCUT2D eigenvalue weighted by atomic mass is 10.2. The SMILES string of the molecule is COc1ccc(C(=O)O)cc1S(=O)(=O)Nc1ccc(=O)n(Cc2ccccc2Cl)c1. The van der Waals surface area contributed by atoms with Crippen LogP contribution in [0.15, 0.2) is 70.5 Å². The highest BCUT2D eigenvalue weighted by Crippen LogP contribution is 2.27. The van der Waals surface area contributed by atoms with Gasteiger partial charge in [-0.25, -0.2) is 13.2 Å². The first-order valence-electron chi connectivity index (χ1n) is 8.59. The summed E-state index contributed by atoms with van der Waals surface area (Å²) in [6.45, 7) is 0.145. The molecule has 0 bridgehead atoms. The van der Waals surface area contributed by atoms with Crippen LogP contribution in [0.5, 0.6) is 5.75 Å². The van der Waals surface area contributed by atoms with Crippen molar-refractivity contribution in [1.82, 2.24) is 4.57 Å². The molecule has 0 saturated heterocycles. The Morgan fingerprint density at radius 1 is 1.17 bits per heavy atom. The van der Waals surface area contributed by atoms with Gasteiger partial charge in [-0.1, -0.05) is 29.8 Å². The lowest BCUT2D eigenvalue weighted by Gasteiger charge is -2.14. The number of nitrogens with one attached hydrogen (secondary N) is 1. The molecule has 0 unspecified atom stereocenters. The Morgan fingerprint density at radius 3 is 2.57 bits per heavy atom. The van der Waals surface area contributed by atoms with Crippen molar-refractivity contribution >= 4 is 33.3 Å². The minimum absolute atomic E-state index is 0.0168. The average molecular weight is 449 g/mol. The van der Waals surface area contributed by atoms with E-state index in [1.165, 1.54) is 42.1 Å². The molecule has 0 aliphatic rings. The molecule has 2 aromatic carbocycles. The van der Waals surface area contributed by atoms with Crippen LogP contribution in [0, 0.1) is 0 Å². The zero-order valence-corrected chi connectivity index (χ0v) is 17.3. The number of benzene rings is 2. The number of carbonyl (C=O) groups is 1. The van der Waals surface area contributed by atoms with Gasteiger partial charge < -0.3 is 14.4 Å². The van der Waals surface area contributed by atoms with Gasteiger partial charge >= 0.3 is 5.97 Å². The summed E-state index contributed by atoms with van der Waals surface area (Å²) in [6, 6.07) is 13.0. The predicted molar refractivity (Wildman–Crippen MR) is 112 cm³/mol. The minimum Gasteiger partial charge on any atom is -0.495 e. The quantitative estimate of drug-likeness (QED) is 0.574. The second-order valence-corrected chi connectivity index (χ2v) is 8.31. The number of carboxylic acids is 1. The third kappa shape index (κ3) is 4.64. The molecule has 30 heavy (non-hydrogen) atoms. The van der Waals surface area contributed by atoms with Gasteiger partial charge in [0, 0.05) is 17.3 Å². The van der Waals surface area contributed by atoms with E-state index < -0.39 is 16.0 Å². The summed E-state index contributed by atoms with van der Waals surface area (Å²) in [5, 5.41) is 9.63. The van der Waals surface area contributed by atoms with Crippen LogP contribution >= 0.6 is 11.6 Å².